The zero-order chi connectivity index (χ0) is 14.4. The van der Waals surface area contributed by atoms with Gasteiger partial charge in [-0.1, -0.05) is 6.07 Å². The fourth-order valence-corrected chi connectivity index (χ4v) is 2.39. The molecule has 0 bridgehead atoms. The van der Waals surface area contributed by atoms with Crippen molar-refractivity contribution in [1.29, 1.82) is 0 Å². The van der Waals surface area contributed by atoms with E-state index in [2.05, 4.69) is 20.6 Å². The molecule has 2 aromatic rings. The van der Waals surface area contributed by atoms with Crippen molar-refractivity contribution in [3.05, 3.63) is 35.5 Å². The standard InChI is InChI=1S/C14H18N4OS/c1-10(15-2)8-17-13(19)7-11-9-20-14(18-11)12-5-3-4-6-16-12/h3-6,9-10,15H,7-8H2,1-2H3,(H,17,19). The maximum absolute atomic E-state index is 11.8. The number of hydrogen-bond donors (Lipinski definition) is 2. The summed E-state index contributed by atoms with van der Waals surface area (Å²) < 4.78 is 0. The maximum Gasteiger partial charge on any atom is 0.226 e. The van der Waals surface area contributed by atoms with Gasteiger partial charge in [-0.25, -0.2) is 4.98 Å². The number of aromatic nitrogens is 2. The van der Waals surface area contributed by atoms with E-state index in [1.807, 2.05) is 37.6 Å². The second-order valence-electron chi connectivity index (χ2n) is 4.53. The van der Waals surface area contributed by atoms with Crippen molar-refractivity contribution in [3.63, 3.8) is 0 Å². The van der Waals surface area contributed by atoms with Crippen LogP contribution < -0.4 is 10.6 Å². The molecule has 2 aromatic heterocycles. The number of rotatable bonds is 6. The van der Waals surface area contributed by atoms with Gasteiger partial charge in [-0.05, 0) is 26.1 Å². The molecule has 0 radical (unpaired) electrons. The number of amides is 1. The van der Waals surface area contributed by atoms with Crippen LogP contribution >= 0.6 is 11.3 Å². The third-order valence-corrected chi connectivity index (χ3v) is 3.79. The molecule has 2 rings (SSSR count). The van der Waals surface area contributed by atoms with Crippen LogP contribution in [-0.4, -0.2) is 35.5 Å². The fourth-order valence-electron chi connectivity index (χ4n) is 1.59. The molecule has 0 fully saturated rings. The van der Waals surface area contributed by atoms with E-state index < -0.39 is 0 Å². The molecule has 0 saturated carbocycles. The molecule has 0 aliphatic rings. The van der Waals surface area contributed by atoms with E-state index in [4.69, 9.17) is 0 Å². The van der Waals surface area contributed by atoms with Crippen LogP contribution in [0.25, 0.3) is 10.7 Å². The van der Waals surface area contributed by atoms with Gasteiger partial charge >= 0.3 is 0 Å². The molecule has 1 unspecified atom stereocenters. The Bertz CT molecular complexity index is 555. The molecule has 106 valence electrons. The molecular weight excluding hydrogens is 272 g/mol. The number of hydrogen-bond acceptors (Lipinski definition) is 5. The zero-order valence-electron chi connectivity index (χ0n) is 11.6. The summed E-state index contributed by atoms with van der Waals surface area (Å²) in [5.74, 6) is -0.00929. The van der Waals surface area contributed by atoms with Crippen molar-refractivity contribution < 1.29 is 4.79 Å². The summed E-state index contributed by atoms with van der Waals surface area (Å²) in [5, 5.41) is 8.70. The van der Waals surface area contributed by atoms with Crippen LogP contribution in [0.2, 0.25) is 0 Å². The Morgan fingerprint density at radius 1 is 1.45 bits per heavy atom. The van der Waals surface area contributed by atoms with Gasteiger partial charge in [-0.3, -0.25) is 9.78 Å². The predicted octanol–water partition coefficient (Wildman–Crippen LogP) is 1.47. The Hall–Kier alpha value is -1.79. The average molecular weight is 290 g/mol. The molecule has 0 aromatic carbocycles. The fraction of sp³-hybridized carbons (Fsp3) is 0.357. The predicted molar refractivity (Wildman–Crippen MR) is 80.6 cm³/mol. The highest BCUT2D eigenvalue weighted by molar-refractivity contribution is 7.13. The van der Waals surface area contributed by atoms with Gasteiger partial charge in [0.05, 0.1) is 17.8 Å². The highest BCUT2D eigenvalue weighted by Crippen LogP contribution is 2.21. The lowest BCUT2D eigenvalue weighted by molar-refractivity contribution is -0.120. The Morgan fingerprint density at radius 3 is 3.00 bits per heavy atom. The third kappa shape index (κ3) is 4.11. The van der Waals surface area contributed by atoms with Gasteiger partial charge in [0, 0.05) is 24.2 Å². The Kier molecular flexibility index (Phi) is 5.20. The minimum atomic E-state index is -0.00929. The molecule has 5 nitrogen and oxygen atoms in total. The first kappa shape index (κ1) is 14.6. The molecule has 6 heteroatoms. The van der Waals surface area contributed by atoms with Crippen molar-refractivity contribution in [3.8, 4) is 10.7 Å². The summed E-state index contributed by atoms with van der Waals surface area (Å²) in [4.78, 5) is 20.5. The number of pyridine rings is 1. The van der Waals surface area contributed by atoms with Gasteiger partial charge in [-0.2, -0.15) is 0 Å². The molecule has 0 aliphatic heterocycles. The van der Waals surface area contributed by atoms with Crippen molar-refractivity contribution in [2.45, 2.75) is 19.4 Å². The topological polar surface area (TPSA) is 66.9 Å². The highest BCUT2D eigenvalue weighted by Gasteiger charge is 2.10. The van der Waals surface area contributed by atoms with Crippen LogP contribution in [-0.2, 0) is 11.2 Å². The minimum Gasteiger partial charge on any atom is -0.354 e. The maximum atomic E-state index is 11.8. The van der Waals surface area contributed by atoms with Gasteiger partial charge in [0.15, 0.2) is 0 Å². The lowest BCUT2D eigenvalue weighted by Crippen LogP contribution is -2.37. The molecule has 1 amide bonds. The summed E-state index contributed by atoms with van der Waals surface area (Å²) in [7, 11) is 1.87. The summed E-state index contributed by atoms with van der Waals surface area (Å²) in [6, 6.07) is 5.97. The third-order valence-electron chi connectivity index (χ3n) is 2.88. The van der Waals surface area contributed by atoms with Crippen LogP contribution in [0.3, 0.4) is 0 Å². The van der Waals surface area contributed by atoms with Crippen molar-refractivity contribution in [2.75, 3.05) is 13.6 Å². The number of carbonyl (C=O) groups is 1. The van der Waals surface area contributed by atoms with Gasteiger partial charge < -0.3 is 10.6 Å². The van der Waals surface area contributed by atoms with Crippen LogP contribution in [0.15, 0.2) is 29.8 Å². The molecule has 2 N–H and O–H groups in total. The SMILES string of the molecule is CNC(C)CNC(=O)Cc1csc(-c2ccccn2)n1. The van der Waals surface area contributed by atoms with E-state index in [1.54, 1.807) is 6.20 Å². The van der Waals surface area contributed by atoms with Crippen LogP contribution in [0.5, 0.6) is 0 Å². The smallest absolute Gasteiger partial charge is 0.226 e. The lowest BCUT2D eigenvalue weighted by Gasteiger charge is -2.10. The summed E-state index contributed by atoms with van der Waals surface area (Å²) in [5.41, 5.74) is 1.62. The highest BCUT2D eigenvalue weighted by atomic mass is 32.1. The first-order valence-electron chi connectivity index (χ1n) is 6.49. The Labute approximate surface area is 122 Å². The first-order valence-corrected chi connectivity index (χ1v) is 7.36. The van der Waals surface area contributed by atoms with E-state index in [-0.39, 0.29) is 11.9 Å². The molecular formula is C14H18N4OS. The van der Waals surface area contributed by atoms with E-state index in [9.17, 15) is 4.79 Å². The lowest BCUT2D eigenvalue weighted by atomic mass is 10.3. The number of nitrogens with one attached hydrogen (secondary N) is 2. The van der Waals surface area contributed by atoms with Crippen LogP contribution in [0, 0.1) is 0 Å². The van der Waals surface area contributed by atoms with Gasteiger partial charge in [-0.15, -0.1) is 11.3 Å². The van der Waals surface area contributed by atoms with E-state index in [1.165, 1.54) is 11.3 Å². The number of carbonyl (C=O) groups excluding carboxylic acids is 1. The molecule has 1 atom stereocenters. The van der Waals surface area contributed by atoms with Gasteiger partial charge in [0.2, 0.25) is 5.91 Å². The summed E-state index contributed by atoms with van der Waals surface area (Å²) in [6.45, 7) is 2.63. The largest absolute Gasteiger partial charge is 0.354 e. The van der Waals surface area contributed by atoms with E-state index in [0.717, 1.165) is 16.4 Å². The van der Waals surface area contributed by atoms with Gasteiger partial charge in [0.25, 0.3) is 0 Å². The second-order valence-corrected chi connectivity index (χ2v) is 5.39. The molecule has 20 heavy (non-hydrogen) atoms. The van der Waals surface area contributed by atoms with Crippen molar-refractivity contribution in [2.24, 2.45) is 0 Å². The van der Waals surface area contributed by atoms with Crippen molar-refractivity contribution in [1.82, 2.24) is 20.6 Å². The monoisotopic (exact) mass is 290 g/mol. The normalized spacial score (nSPS) is 12.1. The molecule has 0 saturated heterocycles. The zero-order valence-corrected chi connectivity index (χ0v) is 12.4. The molecule has 2 heterocycles. The number of nitrogens with zero attached hydrogens (tertiary/aromatic N) is 2. The Balaban J connectivity index is 1.91. The number of likely N-dealkylation sites (N-methyl/N-ethyl adjacent to an activating group) is 1. The minimum absolute atomic E-state index is 0.00929. The summed E-state index contributed by atoms with van der Waals surface area (Å²) in [6.07, 6.45) is 2.04. The van der Waals surface area contributed by atoms with Gasteiger partial charge in [0.1, 0.15) is 5.01 Å². The van der Waals surface area contributed by atoms with E-state index >= 15 is 0 Å². The first-order chi connectivity index (χ1) is 9.69. The quantitative estimate of drug-likeness (QED) is 0.845. The Morgan fingerprint density at radius 2 is 2.30 bits per heavy atom. The second kappa shape index (κ2) is 7.12. The van der Waals surface area contributed by atoms with E-state index in [0.29, 0.717) is 13.0 Å². The summed E-state index contributed by atoms with van der Waals surface area (Å²) >= 11 is 1.51. The molecule has 0 spiro atoms. The van der Waals surface area contributed by atoms with Crippen LogP contribution in [0.4, 0.5) is 0 Å². The van der Waals surface area contributed by atoms with Crippen molar-refractivity contribution >= 4 is 17.2 Å². The van der Waals surface area contributed by atoms with Crippen LogP contribution in [0.1, 0.15) is 12.6 Å². The average Bonchev–Trinajstić information content (AvgIpc) is 2.94. The molecule has 0 aliphatic carbocycles. The number of thiazole rings is 1.